The molecule has 1 unspecified atom stereocenters. The number of pyridine rings is 1. The van der Waals surface area contributed by atoms with Crippen LogP contribution in [0.1, 0.15) is 17.2 Å². The van der Waals surface area contributed by atoms with Gasteiger partial charge in [-0.25, -0.2) is 14.5 Å². The van der Waals surface area contributed by atoms with E-state index in [-0.39, 0.29) is 0 Å². The Labute approximate surface area is 121 Å². The Hall–Kier alpha value is -2.57. The van der Waals surface area contributed by atoms with Gasteiger partial charge in [-0.2, -0.15) is 5.10 Å². The van der Waals surface area contributed by atoms with Gasteiger partial charge in [-0.3, -0.25) is 10.8 Å². The van der Waals surface area contributed by atoms with E-state index in [1.165, 1.54) is 12.4 Å². The highest BCUT2D eigenvalue weighted by Crippen LogP contribution is 2.23. The first-order valence-electron chi connectivity index (χ1n) is 6.45. The molecule has 0 amide bonds. The molecule has 0 bridgehead atoms. The van der Waals surface area contributed by atoms with Gasteiger partial charge in [0.15, 0.2) is 0 Å². The Morgan fingerprint density at radius 2 is 1.95 bits per heavy atom. The fourth-order valence-corrected chi connectivity index (χ4v) is 2.19. The van der Waals surface area contributed by atoms with Crippen molar-refractivity contribution in [1.29, 1.82) is 0 Å². The van der Waals surface area contributed by atoms with E-state index in [2.05, 4.69) is 15.5 Å². The Kier molecular flexibility index (Phi) is 3.72. The molecule has 3 rings (SSSR count). The molecule has 0 aliphatic carbocycles. The van der Waals surface area contributed by atoms with Crippen LogP contribution in [0.25, 0.3) is 5.69 Å². The van der Waals surface area contributed by atoms with Crippen molar-refractivity contribution < 1.29 is 4.39 Å². The summed E-state index contributed by atoms with van der Waals surface area (Å²) < 4.78 is 15.6. The Bertz CT molecular complexity index is 726. The molecule has 1 aromatic carbocycles. The van der Waals surface area contributed by atoms with Crippen molar-refractivity contribution in [2.75, 3.05) is 0 Å². The fourth-order valence-electron chi connectivity index (χ4n) is 2.19. The van der Waals surface area contributed by atoms with Gasteiger partial charge >= 0.3 is 0 Å². The SMILES string of the molecule is NNC(c1cnn(-c2ccccc2)c1)c1ccncc1F. The Morgan fingerprint density at radius 1 is 1.14 bits per heavy atom. The van der Waals surface area contributed by atoms with Crippen molar-refractivity contribution in [2.45, 2.75) is 6.04 Å². The number of aromatic nitrogens is 3. The van der Waals surface area contributed by atoms with Crippen LogP contribution in [0.4, 0.5) is 4.39 Å². The maximum Gasteiger partial charge on any atom is 0.146 e. The van der Waals surface area contributed by atoms with E-state index in [4.69, 9.17) is 5.84 Å². The Morgan fingerprint density at radius 3 is 2.67 bits per heavy atom. The minimum atomic E-state index is -0.481. The number of rotatable bonds is 4. The predicted molar refractivity (Wildman–Crippen MR) is 76.9 cm³/mol. The van der Waals surface area contributed by atoms with Crippen LogP contribution < -0.4 is 11.3 Å². The molecule has 6 heteroatoms. The molecule has 0 fully saturated rings. The summed E-state index contributed by atoms with van der Waals surface area (Å²) in [6.45, 7) is 0. The monoisotopic (exact) mass is 283 g/mol. The first-order chi connectivity index (χ1) is 10.3. The molecule has 106 valence electrons. The van der Waals surface area contributed by atoms with Crippen molar-refractivity contribution in [2.24, 2.45) is 5.84 Å². The third-order valence-electron chi connectivity index (χ3n) is 3.24. The lowest BCUT2D eigenvalue weighted by Gasteiger charge is -2.14. The van der Waals surface area contributed by atoms with E-state index in [9.17, 15) is 4.39 Å². The summed E-state index contributed by atoms with van der Waals surface area (Å²) in [5, 5.41) is 4.29. The minimum absolute atomic E-state index is 0.409. The van der Waals surface area contributed by atoms with Crippen LogP contribution in [0.2, 0.25) is 0 Å². The predicted octanol–water partition coefficient (Wildman–Crippen LogP) is 1.96. The molecule has 3 N–H and O–H groups in total. The standard InChI is InChI=1S/C15H14FN5/c16-14-9-18-7-6-13(14)15(20-17)11-8-19-21(10-11)12-4-2-1-3-5-12/h1-10,15,20H,17H2. The van der Waals surface area contributed by atoms with Crippen molar-refractivity contribution in [3.05, 3.63) is 78.1 Å². The second kappa shape index (κ2) is 5.82. The van der Waals surface area contributed by atoms with Crippen LogP contribution in [0.3, 0.4) is 0 Å². The number of nitrogens with zero attached hydrogens (tertiary/aromatic N) is 3. The molecular formula is C15H14FN5. The highest BCUT2D eigenvalue weighted by Gasteiger charge is 2.18. The van der Waals surface area contributed by atoms with Crippen molar-refractivity contribution in [3.63, 3.8) is 0 Å². The maximum absolute atomic E-state index is 13.9. The summed E-state index contributed by atoms with van der Waals surface area (Å²) in [5.74, 6) is 5.17. The molecule has 0 aliphatic rings. The number of hydrazine groups is 1. The molecule has 1 atom stereocenters. The van der Waals surface area contributed by atoms with E-state index >= 15 is 0 Å². The molecule has 21 heavy (non-hydrogen) atoms. The number of halogens is 1. The lowest BCUT2D eigenvalue weighted by Crippen LogP contribution is -2.29. The van der Waals surface area contributed by atoms with Crippen LogP contribution >= 0.6 is 0 Å². The molecule has 0 radical (unpaired) electrons. The van der Waals surface area contributed by atoms with Crippen molar-refractivity contribution >= 4 is 0 Å². The molecule has 3 aromatic rings. The van der Waals surface area contributed by atoms with Gasteiger partial charge in [0.2, 0.25) is 0 Å². The summed E-state index contributed by atoms with van der Waals surface area (Å²) >= 11 is 0. The second-order valence-electron chi connectivity index (χ2n) is 4.55. The summed E-state index contributed by atoms with van der Waals surface area (Å²) in [7, 11) is 0. The zero-order valence-corrected chi connectivity index (χ0v) is 11.1. The summed E-state index contributed by atoms with van der Waals surface area (Å²) in [5.41, 5.74) is 4.75. The van der Waals surface area contributed by atoms with Gasteiger partial charge in [-0.05, 0) is 18.2 Å². The number of nitrogens with two attached hydrogens (primary N) is 1. The lowest BCUT2D eigenvalue weighted by molar-refractivity contribution is 0.555. The van der Waals surface area contributed by atoms with Crippen LogP contribution in [0.15, 0.2) is 61.2 Å². The maximum atomic E-state index is 13.9. The summed E-state index contributed by atoms with van der Waals surface area (Å²) in [4.78, 5) is 3.74. The number of hydrogen-bond donors (Lipinski definition) is 2. The highest BCUT2D eigenvalue weighted by atomic mass is 19.1. The summed E-state index contributed by atoms with van der Waals surface area (Å²) in [6, 6.07) is 10.8. The largest absolute Gasteiger partial charge is 0.271 e. The zero-order valence-electron chi connectivity index (χ0n) is 11.1. The topological polar surface area (TPSA) is 68.8 Å². The molecule has 0 saturated carbocycles. The molecule has 0 aliphatic heterocycles. The third kappa shape index (κ3) is 2.67. The lowest BCUT2D eigenvalue weighted by atomic mass is 10.0. The zero-order chi connectivity index (χ0) is 14.7. The van der Waals surface area contributed by atoms with E-state index in [0.29, 0.717) is 5.56 Å². The van der Waals surface area contributed by atoms with Gasteiger partial charge in [0, 0.05) is 23.5 Å². The molecule has 0 spiro atoms. The van der Waals surface area contributed by atoms with E-state index in [1.54, 1.807) is 16.9 Å². The van der Waals surface area contributed by atoms with E-state index in [0.717, 1.165) is 11.3 Å². The van der Waals surface area contributed by atoms with Crippen LogP contribution in [0, 0.1) is 5.82 Å². The number of para-hydroxylation sites is 1. The quantitative estimate of drug-likeness (QED) is 0.567. The van der Waals surface area contributed by atoms with Crippen LogP contribution in [-0.4, -0.2) is 14.8 Å². The first kappa shape index (κ1) is 13.4. The summed E-state index contributed by atoms with van der Waals surface area (Å²) in [6.07, 6.45) is 6.18. The van der Waals surface area contributed by atoms with Crippen LogP contribution in [-0.2, 0) is 0 Å². The Balaban J connectivity index is 1.96. The average Bonchev–Trinajstić information content (AvgIpc) is 3.00. The van der Waals surface area contributed by atoms with Crippen LogP contribution in [0.5, 0.6) is 0 Å². The van der Waals surface area contributed by atoms with Gasteiger partial charge in [-0.15, -0.1) is 0 Å². The normalized spacial score (nSPS) is 12.3. The smallest absolute Gasteiger partial charge is 0.146 e. The highest BCUT2D eigenvalue weighted by molar-refractivity contribution is 5.34. The number of hydrogen-bond acceptors (Lipinski definition) is 4. The minimum Gasteiger partial charge on any atom is -0.271 e. The molecular weight excluding hydrogens is 269 g/mol. The number of nitrogens with one attached hydrogen (secondary N) is 1. The molecule has 5 nitrogen and oxygen atoms in total. The van der Waals surface area contributed by atoms with Gasteiger partial charge in [0.05, 0.1) is 24.1 Å². The van der Waals surface area contributed by atoms with Gasteiger partial charge in [-0.1, -0.05) is 18.2 Å². The average molecular weight is 283 g/mol. The number of benzene rings is 1. The van der Waals surface area contributed by atoms with Gasteiger partial charge in [0.1, 0.15) is 5.82 Å². The van der Waals surface area contributed by atoms with E-state index in [1.807, 2.05) is 36.5 Å². The molecule has 2 aromatic heterocycles. The molecule has 2 heterocycles. The third-order valence-corrected chi connectivity index (χ3v) is 3.24. The van der Waals surface area contributed by atoms with E-state index < -0.39 is 11.9 Å². The van der Waals surface area contributed by atoms with Gasteiger partial charge in [0.25, 0.3) is 0 Å². The molecule has 0 saturated heterocycles. The van der Waals surface area contributed by atoms with Crippen molar-refractivity contribution in [3.8, 4) is 5.69 Å². The second-order valence-corrected chi connectivity index (χ2v) is 4.55. The van der Waals surface area contributed by atoms with Crippen molar-refractivity contribution in [1.82, 2.24) is 20.2 Å². The fraction of sp³-hybridized carbons (Fsp3) is 0.0667. The van der Waals surface area contributed by atoms with Gasteiger partial charge < -0.3 is 0 Å². The first-order valence-corrected chi connectivity index (χ1v) is 6.45.